The van der Waals surface area contributed by atoms with E-state index in [4.69, 9.17) is 0 Å². The zero-order chi connectivity index (χ0) is 17.6. The minimum Gasteiger partial charge on any atom is -0.372 e. The Hall–Kier alpha value is -2.30. The van der Waals surface area contributed by atoms with Crippen molar-refractivity contribution in [3.05, 3.63) is 36.0 Å². The first-order valence-electron chi connectivity index (χ1n) is 9.35. The van der Waals surface area contributed by atoms with E-state index in [2.05, 4.69) is 63.6 Å². The molecule has 0 unspecified atom stereocenters. The van der Waals surface area contributed by atoms with Crippen LogP contribution in [0.2, 0.25) is 0 Å². The van der Waals surface area contributed by atoms with Crippen LogP contribution in [-0.4, -0.2) is 29.6 Å². The molecule has 0 saturated carbocycles. The Bertz CT molecular complexity index is 675. The molecule has 1 aliphatic heterocycles. The molecule has 1 saturated heterocycles. The predicted molar refractivity (Wildman–Crippen MR) is 106 cm³/mol. The van der Waals surface area contributed by atoms with Crippen LogP contribution < -0.4 is 15.5 Å². The lowest BCUT2D eigenvalue weighted by Crippen LogP contribution is -2.32. The topological polar surface area (TPSA) is 53.1 Å². The van der Waals surface area contributed by atoms with Crippen LogP contribution in [0.15, 0.2) is 30.3 Å². The van der Waals surface area contributed by atoms with Crippen LogP contribution in [0, 0.1) is 12.8 Å². The average molecular weight is 339 g/mol. The summed E-state index contributed by atoms with van der Waals surface area (Å²) in [5.74, 6) is 2.36. The molecular weight excluding hydrogens is 310 g/mol. The first kappa shape index (κ1) is 17.5. The van der Waals surface area contributed by atoms with Gasteiger partial charge in [0, 0.05) is 42.8 Å². The standard InChI is InChI=1S/C20H29N5/c1-4-11-21-19-14-16(3)22-20(24-19)23-17-5-7-18(8-6-17)25-12-9-15(2)10-13-25/h5-8,14-15H,4,9-13H2,1-3H3,(H2,21,22,23,24). The fraction of sp³-hybridized carbons (Fsp3) is 0.500. The van der Waals surface area contributed by atoms with Gasteiger partial charge in [0.05, 0.1) is 0 Å². The van der Waals surface area contributed by atoms with Crippen LogP contribution in [0.3, 0.4) is 0 Å². The quantitative estimate of drug-likeness (QED) is 0.806. The lowest BCUT2D eigenvalue weighted by molar-refractivity contribution is 0.438. The molecule has 134 valence electrons. The Balaban J connectivity index is 1.66. The molecule has 1 aromatic heterocycles. The minimum atomic E-state index is 0.637. The second-order valence-electron chi connectivity index (χ2n) is 6.99. The summed E-state index contributed by atoms with van der Waals surface area (Å²) >= 11 is 0. The number of nitrogens with zero attached hydrogens (tertiary/aromatic N) is 3. The summed E-state index contributed by atoms with van der Waals surface area (Å²) in [6.45, 7) is 9.70. The van der Waals surface area contributed by atoms with Crippen molar-refractivity contribution in [2.75, 3.05) is 35.2 Å². The van der Waals surface area contributed by atoms with E-state index in [1.807, 2.05) is 13.0 Å². The minimum absolute atomic E-state index is 0.637. The highest BCUT2D eigenvalue weighted by Gasteiger charge is 2.15. The van der Waals surface area contributed by atoms with Gasteiger partial charge in [-0.2, -0.15) is 4.98 Å². The van der Waals surface area contributed by atoms with Crippen molar-refractivity contribution in [3.8, 4) is 0 Å². The zero-order valence-electron chi connectivity index (χ0n) is 15.5. The Morgan fingerprint density at radius 2 is 1.84 bits per heavy atom. The van der Waals surface area contributed by atoms with Crippen LogP contribution in [0.1, 0.15) is 38.8 Å². The van der Waals surface area contributed by atoms with Crippen molar-refractivity contribution >= 4 is 23.1 Å². The number of benzene rings is 1. The van der Waals surface area contributed by atoms with Crippen molar-refractivity contribution in [1.82, 2.24) is 9.97 Å². The summed E-state index contributed by atoms with van der Waals surface area (Å²) in [4.78, 5) is 11.5. The molecule has 0 atom stereocenters. The lowest BCUT2D eigenvalue weighted by Gasteiger charge is -2.32. The molecule has 0 bridgehead atoms. The first-order valence-corrected chi connectivity index (χ1v) is 9.35. The van der Waals surface area contributed by atoms with Gasteiger partial charge in [-0.15, -0.1) is 0 Å². The number of piperidine rings is 1. The molecule has 1 aliphatic rings. The maximum absolute atomic E-state index is 4.54. The molecule has 0 radical (unpaired) electrons. The molecule has 1 fully saturated rings. The Morgan fingerprint density at radius 1 is 1.12 bits per heavy atom. The number of hydrogen-bond acceptors (Lipinski definition) is 5. The van der Waals surface area contributed by atoms with Crippen molar-refractivity contribution in [2.24, 2.45) is 5.92 Å². The van der Waals surface area contributed by atoms with E-state index in [-0.39, 0.29) is 0 Å². The summed E-state index contributed by atoms with van der Waals surface area (Å²) < 4.78 is 0. The van der Waals surface area contributed by atoms with Crippen LogP contribution >= 0.6 is 0 Å². The SMILES string of the molecule is CCCNc1cc(C)nc(Nc2ccc(N3CCC(C)CC3)cc2)n1. The van der Waals surface area contributed by atoms with Crippen molar-refractivity contribution in [3.63, 3.8) is 0 Å². The molecule has 5 nitrogen and oxygen atoms in total. The number of aryl methyl sites for hydroxylation is 1. The maximum Gasteiger partial charge on any atom is 0.229 e. The summed E-state index contributed by atoms with van der Waals surface area (Å²) in [5.41, 5.74) is 3.27. The smallest absolute Gasteiger partial charge is 0.229 e. The molecule has 0 spiro atoms. The fourth-order valence-corrected chi connectivity index (χ4v) is 3.12. The van der Waals surface area contributed by atoms with E-state index in [0.29, 0.717) is 5.95 Å². The highest BCUT2D eigenvalue weighted by atomic mass is 15.1. The van der Waals surface area contributed by atoms with Crippen LogP contribution in [-0.2, 0) is 0 Å². The van der Waals surface area contributed by atoms with Gasteiger partial charge in [-0.25, -0.2) is 4.98 Å². The van der Waals surface area contributed by atoms with E-state index in [1.165, 1.54) is 18.5 Å². The molecule has 3 rings (SSSR count). The highest BCUT2D eigenvalue weighted by molar-refractivity contribution is 5.60. The number of rotatable bonds is 6. The summed E-state index contributed by atoms with van der Waals surface area (Å²) in [6.07, 6.45) is 3.64. The normalized spacial score (nSPS) is 15.2. The highest BCUT2D eigenvalue weighted by Crippen LogP contribution is 2.25. The molecule has 0 aliphatic carbocycles. The van der Waals surface area contributed by atoms with Crippen LogP contribution in [0.4, 0.5) is 23.1 Å². The summed E-state index contributed by atoms with van der Waals surface area (Å²) in [5, 5.41) is 6.64. The third-order valence-electron chi connectivity index (χ3n) is 4.68. The van der Waals surface area contributed by atoms with E-state index in [0.717, 1.165) is 49.2 Å². The molecule has 0 amide bonds. The van der Waals surface area contributed by atoms with E-state index in [1.54, 1.807) is 0 Å². The Labute approximate surface area is 150 Å². The van der Waals surface area contributed by atoms with Crippen molar-refractivity contribution in [2.45, 2.75) is 40.0 Å². The van der Waals surface area contributed by atoms with Crippen LogP contribution in [0.25, 0.3) is 0 Å². The fourth-order valence-electron chi connectivity index (χ4n) is 3.12. The lowest BCUT2D eigenvalue weighted by atomic mass is 9.99. The van der Waals surface area contributed by atoms with Gasteiger partial charge in [0.25, 0.3) is 0 Å². The number of aromatic nitrogens is 2. The van der Waals surface area contributed by atoms with Gasteiger partial charge >= 0.3 is 0 Å². The van der Waals surface area contributed by atoms with E-state index in [9.17, 15) is 0 Å². The Morgan fingerprint density at radius 3 is 2.52 bits per heavy atom. The predicted octanol–water partition coefficient (Wildman–Crippen LogP) is 4.59. The number of hydrogen-bond donors (Lipinski definition) is 2. The van der Waals surface area contributed by atoms with Gasteiger partial charge in [0.1, 0.15) is 5.82 Å². The number of anilines is 4. The van der Waals surface area contributed by atoms with Crippen molar-refractivity contribution in [1.29, 1.82) is 0 Å². The third-order valence-corrected chi connectivity index (χ3v) is 4.68. The third kappa shape index (κ3) is 4.84. The second-order valence-corrected chi connectivity index (χ2v) is 6.99. The Kier molecular flexibility index (Phi) is 5.74. The maximum atomic E-state index is 4.54. The van der Waals surface area contributed by atoms with E-state index >= 15 is 0 Å². The largest absolute Gasteiger partial charge is 0.372 e. The monoisotopic (exact) mass is 339 g/mol. The van der Waals surface area contributed by atoms with Gasteiger partial charge in [-0.05, 0) is 56.4 Å². The molecule has 2 aromatic rings. The van der Waals surface area contributed by atoms with Gasteiger partial charge in [0.15, 0.2) is 0 Å². The molecular formula is C20H29N5. The molecule has 5 heteroatoms. The van der Waals surface area contributed by atoms with E-state index < -0.39 is 0 Å². The van der Waals surface area contributed by atoms with Gasteiger partial charge < -0.3 is 15.5 Å². The van der Waals surface area contributed by atoms with Gasteiger partial charge in [0.2, 0.25) is 5.95 Å². The first-order chi connectivity index (χ1) is 12.1. The molecule has 2 N–H and O–H groups in total. The average Bonchev–Trinajstić information content (AvgIpc) is 2.61. The van der Waals surface area contributed by atoms with Gasteiger partial charge in [-0.3, -0.25) is 0 Å². The zero-order valence-corrected chi connectivity index (χ0v) is 15.5. The molecule has 25 heavy (non-hydrogen) atoms. The summed E-state index contributed by atoms with van der Waals surface area (Å²) in [7, 11) is 0. The van der Waals surface area contributed by atoms with Crippen LogP contribution in [0.5, 0.6) is 0 Å². The number of nitrogens with one attached hydrogen (secondary N) is 2. The molecule has 2 heterocycles. The second kappa shape index (κ2) is 8.19. The molecule has 1 aromatic carbocycles. The van der Waals surface area contributed by atoms with Crippen molar-refractivity contribution < 1.29 is 0 Å². The summed E-state index contributed by atoms with van der Waals surface area (Å²) in [6, 6.07) is 10.6. The van der Waals surface area contributed by atoms with Gasteiger partial charge in [-0.1, -0.05) is 13.8 Å².